The van der Waals surface area contributed by atoms with Crippen LogP contribution in [0.15, 0.2) is 12.5 Å². The summed E-state index contributed by atoms with van der Waals surface area (Å²) in [4.78, 5) is 6.98. The normalized spacial score (nSPS) is 27.9. The quantitative estimate of drug-likeness (QED) is 0.858. The number of rotatable bonds is 6. The van der Waals surface area contributed by atoms with E-state index in [4.69, 9.17) is 4.74 Å². The zero-order chi connectivity index (χ0) is 13.9. The van der Waals surface area contributed by atoms with Crippen molar-refractivity contribution in [1.82, 2.24) is 19.8 Å². The van der Waals surface area contributed by atoms with Crippen LogP contribution < -0.4 is 5.32 Å². The van der Waals surface area contributed by atoms with Gasteiger partial charge >= 0.3 is 0 Å². The summed E-state index contributed by atoms with van der Waals surface area (Å²) in [5, 5.41) is 3.27. The lowest BCUT2D eigenvalue weighted by atomic mass is 10.0. The Hall–Kier alpha value is -0.910. The molecule has 0 spiro atoms. The second kappa shape index (κ2) is 6.24. The van der Waals surface area contributed by atoms with Crippen molar-refractivity contribution in [2.45, 2.75) is 44.4 Å². The maximum absolute atomic E-state index is 6.04. The Bertz CT molecular complexity index is 411. The second-order valence-electron chi connectivity index (χ2n) is 5.90. The molecule has 20 heavy (non-hydrogen) atoms. The number of imidazole rings is 1. The lowest BCUT2D eigenvalue weighted by Crippen LogP contribution is -2.49. The van der Waals surface area contributed by atoms with Gasteiger partial charge in [-0.15, -0.1) is 0 Å². The van der Waals surface area contributed by atoms with Crippen LogP contribution in [-0.2, 0) is 4.74 Å². The Kier molecular flexibility index (Phi) is 4.38. The molecule has 2 unspecified atom stereocenters. The van der Waals surface area contributed by atoms with E-state index in [1.807, 2.05) is 19.6 Å². The number of aromatic nitrogens is 2. The average molecular weight is 278 g/mol. The van der Waals surface area contributed by atoms with Gasteiger partial charge in [-0.25, -0.2) is 4.98 Å². The van der Waals surface area contributed by atoms with E-state index in [1.165, 1.54) is 25.0 Å². The number of ether oxygens (including phenoxy) is 1. The van der Waals surface area contributed by atoms with Crippen molar-refractivity contribution in [3.05, 3.63) is 18.2 Å². The molecule has 1 aromatic heterocycles. The number of nitrogens with one attached hydrogen (secondary N) is 1. The molecule has 0 bridgehead atoms. The lowest BCUT2D eigenvalue weighted by Gasteiger charge is -2.41. The van der Waals surface area contributed by atoms with Gasteiger partial charge in [0.05, 0.1) is 30.8 Å². The van der Waals surface area contributed by atoms with E-state index in [0.29, 0.717) is 12.1 Å². The van der Waals surface area contributed by atoms with Gasteiger partial charge in [-0.3, -0.25) is 4.90 Å². The van der Waals surface area contributed by atoms with Crippen LogP contribution in [0, 0.1) is 0 Å². The predicted molar refractivity (Wildman–Crippen MR) is 78.8 cm³/mol. The van der Waals surface area contributed by atoms with Crippen LogP contribution in [0.25, 0.3) is 0 Å². The van der Waals surface area contributed by atoms with Crippen LogP contribution in [0.4, 0.5) is 0 Å². The minimum absolute atomic E-state index is 0.217. The highest BCUT2D eigenvalue weighted by molar-refractivity contribution is 5.13. The molecule has 1 aromatic rings. The van der Waals surface area contributed by atoms with Gasteiger partial charge in [-0.1, -0.05) is 6.92 Å². The van der Waals surface area contributed by atoms with Crippen molar-refractivity contribution in [3.8, 4) is 0 Å². The summed E-state index contributed by atoms with van der Waals surface area (Å²) in [7, 11) is 2.00. The number of nitrogens with zero attached hydrogens (tertiary/aromatic N) is 3. The minimum Gasteiger partial charge on any atom is -0.374 e. The molecule has 2 aliphatic rings. The fraction of sp³-hybridized carbons (Fsp3) is 0.800. The first kappa shape index (κ1) is 14.0. The molecule has 1 N–H and O–H groups in total. The Labute approximate surface area is 121 Å². The Morgan fingerprint density at radius 1 is 1.45 bits per heavy atom. The number of hydrogen-bond acceptors (Lipinski definition) is 4. The number of morpholine rings is 1. The summed E-state index contributed by atoms with van der Waals surface area (Å²) in [6, 6.07) is 1.01. The maximum Gasteiger partial charge on any atom is 0.0951 e. The van der Waals surface area contributed by atoms with Crippen LogP contribution in [0.2, 0.25) is 0 Å². The first-order valence-corrected chi connectivity index (χ1v) is 7.87. The van der Waals surface area contributed by atoms with E-state index in [0.717, 1.165) is 26.2 Å². The summed E-state index contributed by atoms with van der Waals surface area (Å²) in [6.45, 7) is 6.12. The highest BCUT2D eigenvalue weighted by Gasteiger charge is 2.37. The largest absolute Gasteiger partial charge is 0.374 e. The smallest absolute Gasteiger partial charge is 0.0951 e. The number of likely N-dealkylation sites (N-methyl/N-ethyl adjacent to an activating group) is 1. The number of hydrogen-bond donors (Lipinski definition) is 1. The molecule has 2 fully saturated rings. The molecule has 1 saturated heterocycles. The summed E-state index contributed by atoms with van der Waals surface area (Å²) in [5.41, 5.74) is 1.33. The molecule has 2 heterocycles. The van der Waals surface area contributed by atoms with Crippen molar-refractivity contribution >= 4 is 0 Å². The van der Waals surface area contributed by atoms with Crippen LogP contribution >= 0.6 is 0 Å². The molecule has 5 nitrogen and oxygen atoms in total. The predicted octanol–water partition coefficient (Wildman–Crippen LogP) is 1.59. The van der Waals surface area contributed by atoms with Gasteiger partial charge in [0.2, 0.25) is 0 Å². The third-order valence-corrected chi connectivity index (χ3v) is 4.31. The summed E-state index contributed by atoms with van der Waals surface area (Å²) in [6.07, 6.45) is 8.03. The SMILES string of the molecule is CCCN1CCOC(CNC)C1c1cncn1C1CC1. The molecule has 0 amide bonds. The fourth-order valence-electron chi connectivity index (χ4n) is 3.28. The Morgan fingerprint density at radius 3 is 3.00 bits per heavy atom. The van der Waals surface area contributed by atoms with Crippen molar-refractivity contribution in [2.24, 2.45) is 0 Å². The van der Waals surface area contributed by atoms with Crippen molar-refractivity contribution in [1.29, 1.82) is 0 Å². The molecule has 0 radical (unpaired) electrons. The molecule has 112 valence electrons. The monoisotopic (exact) mass is 278 g/mol. The second-order valence-corrected chi connectivity index (χ2v) is 5.90. The van der Waals surface area contributed by atoms with E-state index in [9.17, 15) is 0 Å². The van der Waals surface area contributed by atoms with Gasteiger partial charge in [-0.2, -0.15) is 0 Å². The fourth-order valence-corrected chi connectivity index (χ4v) is 3.28. The van der Waals surface area contributed by atoms with Gasteiger partial charge in [-0.05, 0) is 32.9 Å². The summed E-state index contributed by atoms with van der Waals surface area (Å²) < 4.78 is 8.42. The summed E-state index contributed by atoms with van der Waals surface area (Å²) in [5.74, 6) is 0. The zero-order valence-electron chi connectivity index (χ0n) is 12.6. The molecule has 2 atom stereocenters. The third-order valence-electron chi connectivity index (χ3n) is 4.31. The van der Waals surface area contributed by atoms with E-state index >= 15 is 0 Å². The third kappa shape index (κ3) is 2.75. The molecule has 5 heteroatoms. The van der Waals surface area contributed by atoms with Gasteiger partial charge in [0.15, 0.2) is 0 Å². The average Bonchev–Trinajstić information content (AvgIpc) is 3.18. The van der Waals surface area contributed by atoms with E-state index < -0.39 is 0 Å². The molecule has 1 saturated carbocycles. The van der Waals surface area contributed by atoms with Gasteiger partial charge in [0, 0.05) is 25.3 Å². The molecule has 1 aliphatic heterocycles. The van der Waals surface area contributed by atoms with E-state index in [2.05, 4.69) is 26.7 Å². The first-order valence-electron chi connectivity index (χ1n) is 7.87. The highest BCUT2D eigenvalue weighted by atomic mass is 16.5. The van der Waals surface area contributed by atoms with E-state index in [-0.39, 0.29) is 6.10 Å². The molecular weight excluding hydrogens is 252 g/mol. The summed E-state index contributed by atoms with van der Waals surface area (Å²) >= 11 is 0. The standard InChI is InChI=1S/C15H26N4O/c1-3-6-18-7-8-20-14(10-16-2)15(18)13-9-17-11-19(13)12-4-5-12/h9,11-12,14-16H,3-8,10H2,1-2H3. The minimum atomic E-state index is 0.217. The van der Waals surface area contributed by atoms with E-state index in [1.54, 1.807) is 0 Å². The first-order chi connectivity index (χ1) is 9.85. The van der Waals surface area contributed by atoms with Crippen molar-refractivity contribution in [2.75, 3.05) is 33.3 Å². The van der Waals surface area contributed by atoms with Crippen LogP contribution in [0.1, 0.15) is 44.0 Å². The Balaban J connectivity index is 1.87. The molecule has 3 rings (SSSR count). The maximum atomic E-state index is 6.04. The molecule has 1 aliphatic carbocycles. The molecule has 0 aromatic carbocycles. The van der Waals surface area contributed by atoms with Gasteiger partial charge < -0.3 is 14.6 Å². The highest BCUT2D eigenvalue weighted by Crippen LogP contribution is 2.39. The van der Waals surface area contributed by atoms with Gasteiger partial charge in [0.25, 0.3) is 0 Å². The van der Waals surface area contributed by atoms with Crippen LogP contribution in [0.3, 0.4) is 0 Å². The topological polar surface area (TPSA) is 42.3 Å². The van der Waals surface area contributed by atoms with Crippen LogP contribution in [-0.4, -0.2) is 53.8 Å². The Morgan fingerprint density at radius 2 is 2.30 bits per heavy atom. The lowest BCUT2D eigenvalue weighted by molar-refractivity contribution is -0.0727. The van der Waals surface area contributed by atoms with Crippen LogP contribution in [0.5, 0.6) is 0 Å². The van der Waals surface area contributed by atoms with Crippen molar-refractivity contribution < 1.29 is 4.74 Å². The van der Waals surface area contributed by atoms with Crippen molar-refractivity contribution in [3.63, 3.8) is 0 Å². The zero-order valence-corrected chi connectivity index (χ0v) is 12.6. The van der Waals surface area contributed by atoms with Gasteiger partial charge in [0.1, 0.15) is 0 Å². The molecular formula is C15H26N4O.